The van der Waals surface area contributed by atoms with Crippen LogP contribution < -0.4 is 10.5 Å². The number of nitrogen functional groups attached to an aromatic ring is 1. The van der Waals surface area contributed by atoms with Crippen LogP contribution in [0.4, 0.5) is 5.69 Å². The molecule has 1 saturated carbocycles. The number of benzene rings is 1. The maximum Gasteiger partial charge on any atom is 0.216 e. The molecule has 1 fully saturated rings. The minimum absolute atomic E-state index is 0.0316. The van der Waals surface area contributed by atoms with E-state index < -0.39 is 10.0 Å². The van der Waals surface area contributed by atoms with Gasteiger partial charge in [0.25, 0.3) is 0 Å². The number of sulfonamides is 1. The zero-order valence-corrected chi connectivity index (χ0v) is 10.5. The molecule has 0 amide bonds. The van der Waals surface area contributed by atoms with E-state index in [4.69, 9.17) is 5.73 Å². The maximum atomic E-state index is 11.9. The molecule has 1 aliphatic carbocycles. The van der Waals surface area contributed by atoms with Gasteiger partial charge < -0.3 is 5.73 Å². The molecular weight excluding hydrogens is 236 g/mol. The first-order valence-corrected chi connectivity index (χ1v) is 7.55. The summed E-state index contributed by atoms with van der Waals surface area (Å²) in [5, 5.41) is 0. The first-order valence-electron chi connectivity index (χ1n) is 5.90. The summed E-state index contributed by atoms with van der Waals surface area (Å²) in [7, 11) is -3.27. The maximum absolute atomic E-state index is 11.9. The van der Waals surface area contributed by atoms with Gasteiger partial charge in [-0.25, -0.2) is 13.1 Å². The highest BCUT2D eigenvalue weighted by Gasteiger charge is 2.21. The molecule has 0 heterocycles. The van der Waals surface area contributed by atoms with Gasteiger partial charge in [-0.05, 0) is 24.5 Å². The van der Waals surface area contributed by atoms with E-state index in [2.05, 4.69) is 4.72 Å². The minimum atomic E-state index is -3.27. The molecule has 0 bridgehead atoms. The van der Waals surface area contributed by atoms with Gasteiger partial charge in [0.15, 0.2) is 0 Å². The molecule has 0 aliphatic heterocycles. The molecule has 0 radical (unpaired) electrons. The first-order chi connectivity index (χ1) is 8.07. The number of hydrogen-bond donors (Lipinski definition) is 2. The molecule has 17 heavy (non-hydrogen) atoms. The van der Waals surface area contributed by atoms with Crippen molar-refractivity contribution >= 4 is 15.7 Å². The molecule has 0 spiro atoms. The van der Waals surface area contributed by atoms with E-state index in [9.17, 15) is 8.42 Å². The molecule has 3 N–H and O–H groups in total. The van der Waals surface area contributed by atoms with E-state index >= 15 is 0 Å². The summed E-state index contributed by atoms with van der Waals surface area (Å²) in [6.07, 6.45) is 4.12. The van der Waals surface area contributed by atoms with Crippen molar-refractivity contribution in [2.45, 2.75) is 37.5 Å². The van der Waals surface area contributed by atoms with Crippen LogP contribution in [0.3, 0.4) is 0 Å². The number of nitrogens with two attached hydrogens (primary N) is 1. The molecule has 4 nitrogen and oxygen atoms in total. The molecule has 0 unspecified atom stereocenters. The summed E-state index contributed by atoms with van der Waals surface area (Å²) >= 11 is 0. The zero-order valence-electron chi connectivity index (χ0n) is 9.72. The number of para-hydroxylation sites is 1. The van der Waals surface area contributed by atoms with Crippen molar-refractivity contribution in [3.63, 3.8) is 0 Å². The molecule has 1 aliphatic rings. The van der Waals surface area contributed by atoms with Crippen molar-refractivity contribution in [2.75, 3.05) is 5.73 Å². The molecule has 0 aromatic heterocycles. The average molecular weight is 254 g/mol. The van der Waals surface area contributed by atoms with E-state index in [1.807, 2.05) is 0 Å². The Labute approximate surface area is 102 Å². The van der Waals surface area contributed by atoms with E-state index in [-0.39, 0.29) is 11.8 Å². The fourth-order valence-electron chi connectivity index (χ4n) is 2.21. The Morgan fingerprint density at radius 1 is 1.24 bits per heavy atom. The lowest BCUT2D eigenvalue weighted by molar-refractivity contribution is 0.551. The van der Waals surface area contributed by atoms with Crippen molar-refractivity contribution in [1.82, 2.24) is 4.72 Å². The Bertz CT molecular complexity index is 479. The fourth-order valence-corrected chi connectivity index (χ4v) is 3.71. The number of hydrogen-bond acceptors (Lipinski definition) is 3. The molecule has 0 saturated heterocycles. The normalized spacial score (nSPS) is 17.4. The summed E-state index contributed by atoms with van der Waals surface area (Å²) in [4.78, 5) is 0. The van der Waals surface area contributed by atoms with Crippen LogP contribution in [0.2, 0.25) is 0 Å². The summed E-state index contributed by atoms with van der Waals surface area (Å²) in [5.41, 5.74) is 6.94. The zero-order chi connectivity index (χ0) is 12.3. The van der Waals surface area contributed by atoms with Crippen LogP contribution in [0.15, 0.2) is 24.3 Å². The van der Waals surface area contributed by atoms with Crippen LogP contribution in [-0.2, 0) is 15.8 Å². The number of rotatable bonds is 4. The molecule has 94 valence electrons. The van der Waals surface area contributed by atoms with Gasteiger partial charge in [-0.15, -0.1) is 0 Å². The third-order valence-electron chi connectivity index (χ3n) is 3.10. The van der Waals surface area contributed by atoms with Gasteiger partial charge in [0.05, 0.1) is 5.75 Å². The number of anilines is 1. The van der Waals surface area contributed by atoms with Crippen molar-refractivity contribution in [3.05, 3.63) is 29.8 Å². The first kappa shape index (κ1) is 12.4. The largest absolute Gasteiger partial charge is 0.398 e. The lowest BCUT2D eigenvalue weighted by atomic mass is 10.2. The minimum Gasteiger partial charge on any atom is -0.398 e. The van der Waals surface area contributed by atoms with Crippen molar-refractivity contribution in [2.24, 2.45) is 0 Å². The third-order valence-corrected chi connectivity index (χ3v) is 4.49. The van der Waals surface area contributed by atoms with Gasteiger partial charge in [0, 0.05) is 11.7 Å². The second-order valence-electron chi connectivity index (χ2n) is 4.56. The third kappa shape index (κ3) is 3.44. The Kier molecular flexibility index (Phi) is 3.69. The summed E-state index contributed by atoms with van der Waals surface area (Å²) < 4.78 is 26.6. The predicted molar refractivity (Wildman–Crippen MR) is 68.9 cm³/mol. The van der Waals surface area contributed by atoms with E-state index in [0.29, 0.717) is 11.3 Å². The van der Waals surface area contributed by atoms with E-state index in [1.54, 1.807) is 24.3 Å². The van der Waals surface area contributed by atoms with Crippen LogP contribution in [0.5, 0.6) is 0 Å². The molecular formula is C12H18N2O2S. The second kappa shape index (κ2) is 5.06. The lowest BCUT2D eigenvalue weighted by Crippen LogP contribution is -2.33. The topological polar surface area (TPSA) is 72.2 Å². The Balaban J connectivity index is 2.04. The SMILES string of the molecule is Nc1ccccc1CS(=O)(=O)NC1CCCC1. The van der Waals surface area contributed by atoms with Crippen molar-refractivity contribution in [1.29, 1.82) is 0 Å². The lowest BCUT2D eigenvalue weighted by Gasteiger charge is -2.13. The standard InChI is InChI=1S/C12H18N2O2S/c13-12-8-4-1-5-10(12)9-17(15,16)14-11-6-2-3-7-11/h1,4-5,8,11,14H,2-3,6-7,9,13H2. The van der Waals surface area contributed by atoms with Gasteiger partial charge in [0.1, 0.15) is 0 Å². The van der Waals surface area contributed by atoms with Gasteiger partial charge in [-0.3, -0.25) is 0 Å². The number of nitrogens with one attached hydrogen (secondary N) is 1. The van der Waals surface area contributed by atoms with Gasteiger partial charge in [-0.1, -0.05) is 31.0 Å². The molecule has 0 atom stereocenters. The van der Waals surface area contributed by atoms with Crippen LogP contribution in [0.25, 0.3) is 0 Å². The van der Waals surface area contributed by atoms with E-state index in [0.717, 1.165) is 25.7 Å². The van der Waals surface area contributed by atoms with Crippen LogP contribution >= 0.6 is 0 Å². The highest BCUT2D eigenvalue weighted by molar-refractivity contribution is 7.88. The highest BCUT2D eigenvalue weighted by Crippen LogP contribution is 2.20. The van der Waals surface area contributed by atoms with Crippen molar-refractivity contribution in [3.8, 4) is 0 Å². The highest BCUT2D eigenvalue weighted by atomic mass is 32.2. The molecule has 1 aromatic rings. The monoisotopic (exact) mass is 254 g/mol. The Hall–Kier alpha value is -1.07. The van der Waals surface area contributed by atoms with Gasteiger partial charge in [-0.2, -0.15) is 0 Å². The van der Waals surface area contributed by atoms with E-state index in [1.165, 1.54) is 0 Å². The average Bonchev–Trinajstić information content (AvgIpc) is 2.73. The molecule has 2 rings (SSSR count). The molecule has 1 aromatic carbocycles. The van der Waals surface area contributed by atoms with Crippen LogP contribution in [0, 0.1) is 0 Å². The Morgan fingerprint density at radius 2 is 1.88 bits per heavy atom. The summed E-state index contributed by atoms with van der Waals surface area (Å²) in [5.74, 6) is -0.0316. The van der Waals surface area contributed by atoms with Crippen LogP contribution in [-0.4, -0.2) is 14.5 Å². The quantitative estimate of drug-likeness (QED) is 0.802. The Morgan fingerprint density at radius 3 is 2.53 bits per heavy atom. The summed E-state index contributed by atoms with van der Waals surface area (Å²) in [6, 6.07) is 7.20. The summed E-state index contributed by atoms with van der Waals surface area (Å²) in [6.45, 7) is 0. The van der Waals surface area contributed by atoms with Gasteiger partial charge in [0.2, 0.25) is 10.0 Å². The fraction of sp³-hybridized carbons (Fsp3) is 0.500. The van der Waals surface area contributed by atoms with Crippen molar-refractivity contribution < 1.29 is 8.42 Å². The van der Waals surface area contributed by atoms with Crippen LogP contribution in [0.1, 0.15) is 31.2 Å². The predicted octanol–water partition coefficient (Wildman–Crippen LogP) is 1.63. The molecule has 5 heteroatoms. The smallest absolute Gasteiger partial charge is 0.216 e. The second-order valence-corrected chi connectivity index (χ2v) is 6.31. The van der Waals surface area contributed by atoms with Gasteiger partial charge >= 0.3 is 0 Å².